The number of ether oxygens (including phenoxy) is 1. The fraction of sp³-hybridized carbons (Fsp3) is 0.154. The maximum absolute atomic E-state index is 13.1. The molecule has 1 N–H and O–H groups in total. The fourth-order valence-corrected chi connectivity index (χ4v) is 4.08. The van der Waals surface area contributed by atoms with E-state index in [4.69, 9.17) is 11.6 Å². The van der Waals surface area contributed by atoms with Crippen molar-refractivity contribution in [2.75, 3.05) is 11.8 Å². The van der Waals surface area contributed by atoms with Crippen LogP contribution in [-0.4, -0.2) is 21.5 Å². The number of hydrogen-bond acceptors (Lipinski definition) is 5. The molecule has 0 radical (unpaired) electrons. The van der Waals surface area contributed by atoms with Gasteiger partial charge in [0.2, 0.25) is 0 Å². The van der Waals surface area contributed by atoms with E-state index in [0.29, 0.717) is 6.07 Å². The quantitative estimate of drug-likeness (QED) is 0.788. The summed E-state index contributed by atoms with van der Waals surface area (Å²) in [6, 6.07) is 3.54. The maximum atomic E-state index is 13.1. The minimum atomic E-state index is -4.92. The van der Waals surface area contributed by atoms with E-state index in [-0.39, 0.29) is 15.6 Å². The molecular weight excluding hydrogens is 391 g/mol. The number of esters is 1. The number of carbonyl (C=O) groups is 1. The van der Waals surface area contributed by atoms with Gasteiger partial charge in [0.1, 0.15) is 4.88 Å². The second-order valence-electron chi connectivity index (χ2n) is 4.40. The van der Waals surface area contributed by atoms with E-state index in [2.05, 4.69) is 4.74 Å². The third kappa shape index (κ3) is 3.82. The van der Waals surface area contributed by atoms with Gasteiger partial charge in [0.05, 0.1) is 23.3 Å². The van der Waals surface area contributed by atoms with Gasteiger partial charge in [-0.05, 0) is 29.6 Å². The zero-order valence-electron chi connectivity index (χ0n) is 11.8. The first-order chi connectivity index (χ1) is 11.1. The van der Waals surface area contributed by atoms with Crippen LogP contribution in [0.4, 0.5) is 18.9 Å². The first-order valence-corrected chi connectivity index (χ1v) is 8.85. The number of hydrogen-bond donors (Lipinski definition) is 1. The second-order valence-corrected chi connectivity index (χ2v) is 7.40. The number of rotatable bonds is 4. The van der Waals surface area contributed by atoms with Crippen molar-refractivity contribution in [2.24, 2.45) is 0 Å². The van der Waals surface area contributed by atoms with E-state index in [1.54, 1.807) is 0 Å². The van der Waals surface area contributed by atoms with Crippen molar-refractivity contribution in [3.8, 4) is 0 Å². The molecule has 0 saturated heterocycles. The van der Waals surface area contributed by atoms with Crippen LogP contribution in [0, 0.1) is 0 Å². The number of thiophene rings is 1. The number of benzene rings is 1. The normalized spacial score (nSPS) is 12.0. The highest BCUT2D eigenvalue weighted by molar-refractivity contribution is 7.92. The summed E-state index contributed by atoms with van der Waals surface area (Å²) in [7, 11) is -3.51. The molecule has 130 valence electrons. The molecule has 5 nitrogen and oxygen atoms in total. The molecule has 0 aliphatic carbocycles. The largest absolute Gasteiger partial charge is 0.465 e. The molecule has 2 rings (SSSR count). The molecule has 1 aromatic heterocycles. The lowest BCUT2D eigenvalue weighted by molar-refractivity contribution is -0.139. The van der Waals surface area contributed by atoms with Crippen molar-refractivity contribution < 1.29 is 31.1 Å². The third-order valence-electron chi connectivity index (χ3n) is 2.82. The topological polar surface area (TPSA) is 72.5 Å². The Hall–Kier alpha value is -1.78. The van der Waals surface area contributed by atoms with Gasteiger partial charge in [0, 0.05) is 5.02 Å². The average Bonchev–Trinajstić information content (AvgIpc) is 2.92. The molecule has 0 aliphatic rings. The molecular formula is C13H9ClF3NO4S2. The number of methoxy groups -OCH3 is 1. The lowest BCUT2D eigenvalue weighted by Gasteiger charge is -2.14. The monoisotopic (exact) mass is 399 g/mol. The van der Waals surface area contributed by atoms with Crippen LogP contribution in [0.3, 0.4) is 0 Å². The number of halogens is 4. The molecule has 0 bridgehead atoms. The predicted octanol–water partition coefficient (Wildman–Crippen LogP) is 4.01. The van der Waals surface area contributed by atoms with Gasteiger partial charge < -0.3 is 4.74 Å². The SMILES string of the molecule is COC(=O)c1sccc1NS(=O)(=O)c1ccc(Cl)cc1C(F)(F)F. The van der Waals surface area contributed by atoms with Gasteiger partial charge >= 0.3 is 12.1 Å². The van der Waals surface area contributed by atoms with E-state index in [0.717, 1.165) is 30.6 Å². The molecule has 2 aromatic rings. The zero-order valence-corrected chi connectivity index (χ0v) is 14.2. The van der Waals surface area contributed by atoms with Crippen molar-refractivity contribution in [1.29, 1.82) is 0 Å². The Morgan fingerprint density at radius 2 is 1.96 bits per heavy atom. The summed E-state index contributed by atoms with van der Waals surface area (Å²) in [5, 5.41) is 1.14. The van der Waals surface area contributed by atoms with E-state index in [1.807, 2.05) is 4.72 Å². The van der Waals surface area contributed by atoms with Crippen molar-refractivity contribution in [1.82, 2.24) is 0 Å². The first-order valence-electron chi connectivity index (χ1n) is 6.11. The average molecular weight is 400 g/mol. The second kappa shape index (κ2) is 6.61. The Bertz CT molecular complexity index is 878. The maximum Gasteiger partial charge on any atom is 0.417 e. The van der Waals surface area contributed by atoms with Gasteiger partial charge in [-0.1, -0.05) is 11.6 Å². The number of carbonyl (C=O) groups excluding carboxylic acids is 1. The van der Waals surface area contributed by atoms with Crippen LogP contribution in [0.5, 0.6) is 0 Å². The highest BCUT2D eigenvalue weighted by atomic mass is 35.5. The number of alkyl halides is 3. The summed E-state index contributed by atoms with van der Waals surface area (Å²) in [6.07, 6.45) is -4.92. The Morgan fingerprint density at radius 3 is 2.54 bits per heavy atom. The minimum absolute atomic E-state index is 0.0800. The first kappa shape index (κ1) is 18.6. The van der Waals surface area contributed by atoms with Crippen LogP contribution in [0.2, 0.25) is 5.02 Å². The highest BCUT2D eigenvalue weighted by Gasteiger charge is 2.37. The minimum Gasteiger partial charge on any atom is -0.465 e. The molecule has 11 heteroatoms. The van der Waals surface area contributed by atoms with E-state index < -0.39 is 32.6 Å². The molecule has 0 aliphatic heterocycles. The van der Waals surface area contributed by atoms with E-state index in [9.17, 15) is 26.4 Å². The summed E-state index contributed by atoms with van der Waals surface area (Å²) < 4.78 is 70.4. The standard InChI is InChI=1S/C13H9ClF3NO4S2/c1-22-12(19)11-9(4-5-23-11)18-24(20,21)10-3-2-7(14)6-8(10)13(15,16)17/h2-6,18H,1H3. The van der Waals surface area contributed by atoms with Crippen molar-refractivity contribution in [2.45, 2.75) is 11.1 Å². The molecule has 1 heterocycles. The molecule has 0 unspecified atom stereocenters. The zero-order chi connectivity index (χ0) is 18.1. The number of sulfonamides is 1. The Morgan fingerprint density at radius 1 is 1.29 bits per heavy atom. The molecule has 0 fully saturated rings. The molecule has 0 spiro atoms. The number of nitrogens with one attached hydrogen (secondary N) is 1. The lowest BCUT2D eigenvalue weighted by Crippen LogP contribution is -2.19. The Balaban J connectivity index is 2.50. The summed E-state index contributed by atoms with van der Waals surface area (Å²) in [5.41, 5.74) is -1.58. The van der Waals surface area contributed by atoms with Gasteiger partial charge in [0.15, 0.2) is 0 Å². The predicted molar refractivity (Wildman–Crippen MR) is 82.9 cm³/mol. The summed E-state index contributed by atoms with van der Waals surface area (Å²) in [6.45, 7) is 0. The van der Waals surface area contributed by atoms with Crippen LogP contribution in [0.1, 0.15) is 15.2 Å². The molecule has 24 heavy (non-hydrogen) atoms. The Labute approximate surface area is 144 Å². The van der Waals surface area contributed by atoms with Crippen LogP contribution in [0.15, 0.2) is 34.5 Å². The fourth-order valence-electron chi connectivity index (χ4n) is 1.80. The van der Waals surface area contributed by atoms with Gasteiger partial charge in [-0.3, -0.25) is 4.72 Å². The van der Waals surface area contributed by atoms with E-state index >= 15 is 0 Å². The van der Waals surface area contributed by atoms with Crippen molar-refractivity contribution >= 4 is 44.6 Å². The van der Waals surface area contributed by atoms with Crippen LogP contribution in [0.25, 0.3) is 0 Å². The van der Waals surface area contributed by atoms with Crippen LogP contribution in [-0.2, 0) is 20.9 Å². The molecule has 1 aromatic carbocycles. The molecule has 0 saturated carbocycles. The van der Waals surface area contributed by atoms with Gasteiger partial charge in [-0.2, -0.15) is 13.2 Å². The number of anilines is 1. The van der Waals surface area contributed by atoms with Crippen LogP contribution >= 0.6 is 22.9 Å². The highest BCUT2D eigenvalue weighted by Crippen LogP contribution is 2.37. The van der Waals surface area contributed by atoms with Crippen molar-refractivity contribution in [3.05, 3.63) is 45.1 Å². The molecule has 0 amide bonds. The van der Waals surface area contributed by atoms with Crippen molar-refractivity contribution in [3.63, 3.8) is 0 Å². The summed E-state index contributed by atoms with van der Waals surface area (Å²) >= 11 is 6.41. The van der Waals surface area contributed by atoms with Gasteiger partial charge in [-0.15, -0.1) is 11.3 Å². The summed E-state index contributed by atoms with van der Waals surface area (Å²) in [5.74, 6) is -0.810. The smallest absolute Gasteiger partial charge is 0.417 e. The molecule has 0 atom stereocenters. The Kier molecular flexibility index (Phi) is 5.11. The van der Waals surface area contributed by atoms with Crippen LogP contribution < -0.4 is 4.72 Å². The lowest BCUT2D eigenvalue weighted by atomic mass is 10.2. The van der Waals surface area contributed by atoms with Gasteiger partial charge in [-0.25, -0.2) is 13.2 Å². The third-order valence-corrected chi connectivity index (χ3v) is 5.37. The summed E-state index contributed by atoms with van der Waals surface area (Å²) in [4.78, 5) is 10.5. The van der Waals surface area contributed by atoms with Gasteiger partial charge in [0.25, 0.3) is 10.0 Å². The van der Waals surface area contributed by atoms with E-state index in [1.165, 1.54) is 11.4 Å².